The molecule has 0 heterocycles. The molecule has 0 radical (unpaired) electrons. The molecule has 0 amide bonds. The third kappa shape index (κ3) is 3.65. The van der Waals surface area contributed by atoms with Crippen LogP contribution in [-0.4, -0.2) is 20.7 Å². The smallest absolute Gasteiger partial charge is 0.122 e. The molecule has 0 aromatic heterocycles. The van der Waals surface area contributed by atoms with E-state index in [0.29, 0.717) is 0 Å². The number of anilines is 2. The molecule has 0 atom stereocenters. The van der Waals surface area contributed by atoms with Gasteiger partial charge in [0.1, 0.15) is 5.75 Å². The number of hydrogen-bond donors (Lipinski definition) is 1. The highest BCUT2D eigenvalue weighted by Gasteiger charge is 2.14. The molecule has 3 heteroatoms. The zero-order valence-corrected chi connectivity index (χ0v) is 10.9. The Hall–Kier alpha value is -1.38. The number of nitrogen functional groups attached to an aromatic ring is 1. The fourth-order valence-electron chi connectivity index (χ4n) is 1.75. The normalized spacial score (nSPS) is 11.3. The minimum absolute atomic E-state index is 0.257. The third-order valence-electron chi connectivity index (χ3n) is 2.30. The lowest BCUT2D eigenvalue weighted by atomic mass is 9.96. The van der Waals surface area contributed by atoms with Crippen LogP contribution in [-0.2, 0) is 0 Å². The maximum absolute atomic E-state index is 5.83. The van der Waals surface area contributed by atoms with Crippen LogP contribution < -0.4 is 15.4 Å². The first-order valence-electron chi connectivity index (χ1n) is 5.47. The summed E-state index contributed by atoms with van der Waals surface area (Å²) in [5, 5.41) is 0. The number of methoxy groups -OCH3 is 1. The van der Waals surface area contributed by atoms with E-state index < -0.39 is 0 Å². The summed E-state index contributed by atoms with van der Waals surface area (Å²) in [6, 6.07) is 5.80. The summed E-state index contributed by atoms with van der Waals surface area (Å²) in [6.45, 7) is 7.62. The summed E-state index contributed by atoms with van der Waals surface area (Å²) < 4.78 is 5.21. The van der Waals surface area contributed by atoms with Gasteiger partial charge in [-0.1, -0.05) is 20.8 Å². The van der Waals surface area contributed by atoms with Crippen LogP contribution in [0.3, 0.4) is 0 Å². The summed E-state index contributed by atoms with van der Waals surface area (Å²) in [6.07, 6.45) is 0. The van der Waals surface area contributed by atoms with Crippen molar-refractivity contribution in [3.63, 3.8) is 0 Å². The molecule has 0 aliphatic rings. The predicted octanol–water partition coefficient (Wildman–Crippen LogP) is 2.76. The highest BCUT2D eigenvalue weighted by molar-refractivity contribution is 5.60. The van der Waals surface area contributed by atoms with E-state index in [0.717, 1.165) is 23.7 Å². The molecular weight excluding hydrogens is 200 g/mol. The van der Waals surface area contributed by atoms with Crippen LogP contribution in [0.25, 0.3) is 0 Å². The van der Waals surface area contributed by atoms with Gasteiger partial charge in [-0.15, -0.1) is 0 Å². The maximum atomic E-state index is 5.83. The molecule has 90 valence electrons. The van der Waals surface area contributed by atoms with Crippen molar-refractivity contribution < 1.29 is 4.74 Å². The average Bonchev–Trinajstić information content (AvgIpc) is 2.14. The third-order valence-corrected chi connectivity index (χ3v) is 2.30. The van der Waals surface area contributed by atoms with Gasteiger partial charge in [0, 0.05) is 37.1 Å². The number of nitrogens with two attached hydrogens (primary N) is 1. The second-order valence-electron chi connectivity index (χ2n) is 5.38. The molecular formula is C13H22N2O. The lowest BCUT2D eigenvalue weighted by Gasteiger charge is -2.28. The van der Waals surface area contributed by atoms with Crippen molar-refractivity contribution in [1.29, 1.82) is 0 Å². The van der Waals surface area contributed by atoms with Crippen LogP contribution in [0.2, 0.25) is 0 Å². The van der Waals surface area contributed by atoms with Crippen LogP contribution >= 0.6 is 0 Å². The average molecular weight is 222 g/mol. The molecule has 1 aromatic rings. The standard InChI is InChI=1S/C13H22N2O/c1-13(2,3)9-15(4)11-6-10(14)7-12(8-11)16-5/h6-8H,9,14H2,1-5H3. The lowest BCUT2D eigenvalue weighted by Crippen LogP contribution is -2.29. The van der Waals surface area contributed by atoms with E-state index in [4.69, 9.17) is 10.5 Å². The Morgan fingerprint density at radius 3 is 2.38 bits per heavy atom. The van der Waals surface area contributed by atoms with Gasteiger partial charge in [-0.2, -0.15) is 0 Å². The van der Waals surface area contributed by atoms with Crippen molar-refractivity contribution in [1.82, 2.24) is 0 Å². The van der Waals surface area contributed by atoms with E-state index >= 15 is 0 Å². The van der Waals surface area contributed by atoms with E-state index in [9.17, 15) is 0 Å². The fraction of sp³-hybridized carbons (Fsp3) is 0.538. The summed E-state index contributed by atoms with van der Waals surface area (Å²) in [7, 11) is 3.72. The Morgan fingerprint density at radius 1 is 1.25 bits per heavy atom. The van der Waals surface area contributed by atoms with Gasteiger partial charge >= 0.3 is 0 Å². The Balaban J connectivity index is 2.90. The highest BCUT2D eigenvalue weighted by Crippen LogP contribution is 2.26. The molecule has 0 aliphatic carbocycles. The molecule has 3 nitrogen and oxygen atoms in total. The molecule has 0 bridgehead atoms. The van der Waals surface area contributed by atoms with Gasteiger partial charge in [-0.05, 0) is 11.5 Å². The van der Waals surface area contributed by atoms with Gasteiger partial charge in [-0.3, -0.25) is 0 Å². The first-order chi connectivity index (χ1) is 7.31. The zero-order chi connectivity index (χ0) is 12.3. The van der Waals surface area contributed by atoms with Crippen molar-refractivity contribution in [2.75, 3.05) is 31.3 Å². The number of benzene rings is 1. The fourth-order valence-corrected chi connectivity index (χ4v) is 1.75. The van der Waals surface area contributed by atoms with E-state index in [1.807, 2.05) is 18.2 Å². The van der Waals surface area contributed by atoms with E-state index in [1.165, 1.54) is 0 Å². The molecule has 0 aliphatic heterocycles. The van der Waals surface area contributed by atoms with Gasteiger partial charge in [0.2, 0.25) is 0 Å². The predicted molar refractivity (Wildman–Crippen MR) is 70.1 cm³/mol. The summed E-state index contributed by atoms with van der Waals surface area (Å²) in [5.41, 5.74) is 7.91. The second kappa shape index (κ2) is 4.64. The van der Waals surface area contributed by atoms with Gasteiger partial charge in [-0.25, -0.2) is 0 Å². The second-order valence-corrected chi connectivity index (χ2v) is 5.38. The molecule has 1 rings (SSSR count). The Kier molecular flexibility index (Phi) is 3.68. The number of nitrogens with zero attached hydrogens (tertiary/aromatic N) is 1. The van der Waals surface area contributed by atoms with Crippen LogP contribution in [0.4, 0.5) is 11.4 Å². The first-order valence-corrected chi connectivity index (χ1v) is 5.47. The van der Waals surface area contributed by atoms with Gasteiger partial charge in [0.25, 0.3) is 0 Å². The van der Waals surface area contributed by atoms with Gasteiger partial charge in [0.15, 0.2) is 0 Å². The minimum Gasteiger partial charge on any atom is -0.497 e. The van der Waals surface area contributed by atoms with E-state index in [-0.39, 0.29) is 5.41 Å². The van der Waals surface area contributed by atoms with Gasteiger partial charge in [0.05, 0.1) is 7.11 Å². The molecule has 0 fully saturated rings. The lowest BCUT2D eigenvalue weighted by molar-refractivity contribution is 0.411. The van der Waals surface area contributed by atoms with Crippen molar-refractivity contribution in [3.8, 4) is 5.75 Å². The van der Waals surface area contributed by atoms with Gasteiger partial charge < -0.3 is 15.4 Å². The van der Waals surface area contributed by atoms with Crippen molar-refractivity contribution >= 4 is 11.4 Å². The molecule has 16 heavy (non-hydrogen) atoms. The quantitative estimate of drug-likeness (QED) is 0.799. The topological polar surface area (TPSA) is 38.5 Å². The number of hydrogen-bond acceptors (Lipinski definition) is 3. The molecule has 0 saturated carbocycles. The molecule has 0 unspecified atom stereocenters. The molecule has 0 saturated heterocycles. The van der Waals surface area contributed by atoms with Crippen molar-refractivity contribution in [2.45, 2.75) is 20.8 Å². The first kappa shape index (κ1) is 12.7. The molecule has 1 aromatic carbocycles. The molecule has 0 spiro atoms. The van der Waals surface area contributed by atoms with Crippen LogP contribution in [0.5, 0.6) is 5.75 Å². The van der Waals surface area contributed by atoms with Crippen LogP contribution in [0, 0.1) is 5.41 Å². The maximum Gasteiger partial charge on any atom is 0.122 e. The minimum atomic E-state index is 0.257. The van der Waals surface area contributed by atoms with E-state index in [1.54, 1.807) is 7.11 Å². The van der Waals surface area contributed by atoms with Crippen LogP contribution in [0.15, 0.2) is 18.2 Å². The Bertz CT molecular complexity index is 355. The van der Waals surface area contributed by atoms with E-state index in [2.05, 4.69) is 32.7 Å². The summed E-state index contributed by atoms with van der Waals surface area (Å²) >= 11 is 0. The highest BCUT2D eigenvalue weighted by atomic mass is 16.5. The number of rotatable bonds is 3. The number of ether oxygens (including phenoxy) is 1. The van der Waals surface area contributed by atoms with Crippen LogP contribution in [0.1, 0.15) is 20.8 Å². The largest absolute Gasteiger partial charge is 0.497 e. The molecule has 2 N–H and O–H groups in total. The SMILES string of the molecule is COc1cc(N)cc(N(C)CC(C)(C)C)c1. The summed E-state index contributed by atoms with van der Waals surface area (Å²) in [5.74, 6) is 0.802. The van der Waals surface area contributed by atoms with Crippen molar-refractivity contribution in [2.24, 2.45) is 5.41 Å². The Morgan fingerprint density at radius 2 is 1.88 bits per heavy atom. The summed E-state index contributed by atoms with van der Waals surface area (Å²) in [4.78, 5) is 2.19. The van der Waals surface area contributed by atoms with Crippen molar-refractivity contribution in [3.05, 3.63) is 18.2 Å². The zero-order valence-electron chi connectivity index (χ0n) is 10.9. The monoisotopic (exact) mass is 222 g/mol. The Labute approximate surface area is 98.2 Å².